The Morgan fingerprint density at radius 3 is 2.16 bits per heavy atom. The Morgan fingerprint density at radius 1 is 1.21 bits per heavy atom. The molecule has 1 amide bonds. The highest BCUT2D eigenvalue weighted by Crippen LogP contribution is 2.40. The number of carboxylic acid groups (broad SMARTS) is 1. The van der Waals surface area contributed by atoms with Gasteiger partial charge in [0, 0.05) is 6.42 Å². The highest BCUT2D eigenvalue weighted by Gasteiger charge is 2.30. The fraction of sp³-hybridized carbons (Fsp3) is 0.867. The van der Waals surface area contributed by atoms with Gasteiger partial charge < -0.3 is 10.4 Å². The molecule has 1 saturated carbocycles. The van der Waals surface area contributed by atoms with Crippen molar-refractivity contribution in [2.75, 3.05) is 0 Å². The van der Waals surface area contributed by atoms with Crippen molar-refractivity contribution in [2.45, 2.75) is 65.8 Å². The first-order chi connectivity index (χ1) is 8.70. The van der Waals surface area contributed by atoms with Crippen molar-refractivity contribution in [3.63, 3.8) is 0 Å². The van der Waals surface area contributed by atoms with Gasteiger partial charge in [-0.1, -0.05) is 20.8 Å². The molecule has 0 aliphatic heterocycles. The minimum atomic E-state index is -0.982. The van der Waals surface area contributed by atoms with E-state index in [0.717, 1.165) is 18.8 Å². The molecular weight excluding hydrogens is 242 g/mol. The second-order valence-corrected chi connectivity index (χ2v) is 6.92. The lowest BCUT2D eigenvalue weighted by Crippen LogP contribution is -2.39. The maximum Gasteiger partial charge on any atom is 0.325 e. The lowest BCUT2D eigenvalue weighted by Gasteiger charge is -2.36. The third-order valence-corrected chi connectivity index (χ3v) is 4.29. The lowest BCUT2D eigenvalue weighted by molar-refractivity contribution is -0.141. The number of carbonyl (C=O) groups excluding carboxylic acids is 1. The monoisotopic (exact) mass is 269 g/mol. The summed E-state index contributed by atoms with van der Waals surface area (Å²) < 4.78 is 0. The molecule has 110 valence electrons. The molecule has 4 heteroatoms. The van der Waals surface area contributed by atoms with Gasteiger partial charge in [-0.3, -0.25) is 9.59 Å². The molecule has 1 rings (SSSR count). The Labute approximate surface area is 116 Å². The van der Waals surface area contributed by atoms with Gasteiger partial charge in [-0.05, 0) is 49.9 Å². The number of carbonyl (C=O) groups is 2. The Kier molecular flexibility index (Phi) is 5.39. The molecule has 1 aliphatic carbocycles. The van der Waals surface area contributed by atoms with Crippen molar-refractivity contribution in [1.29, 1.82) is 0 Å². The SMILES string of the molecule is C[C@@H](NC(=O)CC1CCC(C(C)(C)C)CC1)C(=O)O. The molecule has 0 saturated heterocycles. The second-order valence-electron chi connectivity index (χ2n) is 6.92. The van der Waals surface area contributed by atoms with Crippen LogP contribution in [0.25, 0.3) is 0 Å². The van der Waals surface area contributed by atoms with Crippen LogP contribution in [0.5, 0.6) is 0 Å². The second kappa shape index (κ2) is 6.40. The van der Waals surface area contributed by atoms with E-state index in [1.54, 1.807) is 0 Å². The minimum absolute atomic E-state index is 0.130. The van der Waals surface area contributed by atoms with Crippen LogP contribution in [-0.2, 0) is 9.59 Å². The zero-order valence-electron chi connectivity index (χ0n) is 12.5. The van der Waals surface area contributed by atoms with Gasteiger partial charge in [0.05, 0.1) is 0 Å². The zero-order chi connectivity index (χ0) is 14.6. The summed E-state index contributed by atoms with van der Waals surface area (Å²) in [7, 11) is 0. The maximum absolute atomic E-state index is 11.7. The number of rotatable bonds is 4. The number of carboxylic acids is 1. The van der Waals surface area contributed by atoms with Crippen molar-refractivity contribution in [2.24, 2.45) is 17.3 Å². The summed E-state index contributed by atoms with van der Waals surface area (Å²) in [6.07, 6.45) is 4.98. The smallest absolute Gasteiger partial charge is 0.325 e. The van der Waals surface area contributed by atoms with Crippen LogP contribution >= 0.6 is 0 Å². The summed E-state index contributed by atoms with van der Waals surface area (Å²) in [5, 5.41) is 11.3. The van der Waals surface area contributed by atoms with Gasteiger partial charge in [-0.2, -0.15) is 0 Å². The number of hydrogen-bond donors (Lipinski definition) is 2. The van der Waals surface area contributed by atoms with Gasteiger partial charge in [0.25, 0.3) is 0 Å². The Balaban J connectivity index is 2.33. The van der Waals surface area contributed by atoms with Crippen LogP contribution in [0.15, 0.2) is 0 Å². The summed E-state index contributed by atoms with van der Waals surface area (Å²) in [5.74, 6) is 0.0447. The fourth-order valence-electron chi connectivity index (χ4n) is 2.86. The largest absolute Gasteiger partial charge is 0.480 e. The van der Waals surface area contributed by atoms with E-state index in [0.29, 0.717) is 17.8 Å². The molecule has 2 N–H and O–H groups in total. The van der Waals surface area contributed by atoms with E-state index >= 15 is 0 Å². The topological polar surface area (TPSA) is 66.4 Å². The van der Waals surface area contributed by atoms with E-state index in [1.807, 2.05) is 0 Å². The number of amides is 1. The molecule has 0 radical (unpaired) electrons. The van der Waals surface area contributed by atoms with Crippen molar-refractivity contribution < 1.29 is 14.7 Å². The molecule has 0 bridgehead atoms. The Morgan fingerprint density at radius 2 is 1.74 bits per heavy atom. The van der Waals surface area contributed by atoms with E-state index in [1.165, 1.54) is 19.8 Å². The van der Waals surface area contributed by atoms with Gasteiger partial charge >= 0.3 is 5.97 Å². The Bertz CT molecular complexity index is 325. The Hall–Kier alpha value is -1.06. The molecule has 0 aromatic rings. The van der Waals surface area contributed by atoms with Crippen LogP contribution in [0.4, 0.5) is 0 Å². The predicted molar refractivity (Wildman–Crippen MR) is 74.8 cm³/mol. The van der Waals surface area contributed by atoms with Crippen LogP contribution in [0, 0.1) is 17.3 Å². The van der Waals surface area contributed by atoms with E-state index in [4.69, 9.17) is 5.11 Å². The summed E-state index contributed by atoms with van der Waals surface area (Å²) in [6.45, 7) is 8.33. The van der Waals surface area contributed by atoms with Crippen molar-refractivity contribution in [3.8, 4) is 0 Å². The van der Waals surface area contributed by atoms with E-state index < -0.39 is 12.0 Å². The average Bonchev–Trinajstić information content (AvgIpc) is 2.28. The van der Waals surface area contributed by atoms with E-state index in [2.05, 4.69) is 26.1 Å². The average molecular weight is 269 g/mol. The molecule has 1 aliphatic rings. The molecule has 1 atom stereocenters. The van der Waals surface area contributed by atoms with Gasteiger partial charge in [-0.25, -0.2) is 0 Å². The molecule has 19 heavy (non-hydrogen) atoms. The third-order valence-electron chi connectivity index (χ3n) is 4.29. The summed E-state index contributed by atoms with van der Waals surface area (Å²) >= 11 is 0. The molecule has 0 aromatic heterocycles. The lowest BCUT2D eigenvalue weighted by atomic mass is 9.69. The summed E-state index contributed by atoms with van der Waals surface area (Å²) in [5.41, 5.74) is 0.352. The summed E-state index contributed by atoms with van der Waals surface area (Å²) in [4.78, 5) is 22.4. The highest BCUT2D eigenvalue weighted by molar-refractivity contribution is 5.83. The maximum atomic E-state index is 11.7. The molecule has 1 fully saturated rings. The van der Waals surface area contributed by atoms with Crippen molar-refractivity contribution >= 4 is 11.9 Å². The van der Waals surface area contributed by atoms with Crippen LogP contribution in [0.3, 0.4) is 0 Å². The summed E-state index contributed by atoms with van der Waals surface area (Å²) in [6, 6.07) is -0.793. The van der Waals surface area contributed by atoms with Crippen LogP contribution in [0.2, 0.25) is 0 Å². The van der Waals surface area contributed by atoms with Gasteiger partial charge in [0.15, 0.2) is 0 Å². The third kappa shape index (κ3) is 5.21. The number of aliphatic carboxylic acids is 1. The number of nitrogens with one attached hydrogen (secondary N) is 1. The standard InChI is InChI=1S/C15H27NO3/c1-10(14(18)19)16-13(17)9-11-5-7-12(8-6-11)15(2,3)4/h10-12H,5-9H2,1-4H3,(H,16,17)(H,18,19)/t10-,11?,12?/m1/s1. The highest BCUT2D eigenvalue weighted by atomic mass is 16.4. The van der Waals surface area contributed by atoms with E-state index in [9.17, 15) is 9.59 Å². The normalized spacial score (nSPS) is 25.7. The quantitative estimate of drug-likeness (QED) is 0.824. The first kappa shape index (κ1) is 16.0. The minimum Gasteiger partial charge on any atom is -0.480 e. The van der Waals surface area contributed by atoms with Crippen LogP contribution in [-0.4, -0.2) is 23.0 Å². The van der Waals surface area contributed by atoms with Gasteiger partial charge in [0.2, 0.25) is 5.91 Å². The van der Waals surface area contributed by atoms with Crippen LogP contribution < -0.4 is 5.32 Å². The molecule has 4 nitrogen and oxygen atoms in total. The number of hydrogen-bond acceptors (Lipinski definition) is 2. The van der Waals surface area contributed by atoms with Gasteiger partial charge in [-0.15, -0.1) is 0 Å². The van der Waals surface area contributed by atoms with E-state index in [-0.39, 0.29) is 5.91 Å². The predicted octanol–water partition coefficient (Wildman–Crippen LogP) is 2.82. The molecule has 0 aromatic carbocycles. The molecule has 0 heterocycles. The fourth-order valence-corrected chi connectivity index (χ4v) is 2.86. The molecular formula is C15H27NO3. The van der Waals surface area contributed by atoms with Gasteiger partial charge in [0.1, 0.15) is 6.04 Å². The van der Waals surface area contributed by atoms with Crippen molar-refractivity contribution in [3.05, 3.63) is 0 Å². The van der Waals surface area contributed by atoms with Crippen molar-refractivity contribution in [1.82, 2.24) is 5.32 Å². The molecule has 0 unspecified atom stereocenters. The van der Waals surface area contributed by atoms with Crippen LogP contribution in [0.1, 0.15) is 59.8 Å². The zero-order valence-corrected chi connectivity index (χ0v) is 12.5. The first-order valence-electron chi connectivity index (χ1n) is 7.22. The first-order valence-corrected chi connectivity index (χ1v) is 7.22. The molecule has 0 spiro atoms.